The molecule has 3 aromatic rings. The Morgan fingerprint density at radius 2 is 1.81 bits per heavy atom. The van der Waals surface area contributed by atoms with E-state index in [9.17, 15) is 9.59 Å². The molecule has 104 valence electrons. The van der Waals surface area contributed by atoms with Gasteiger partial charge in [-0.2, -0.15) is 0 Å². The van der Waals surface area contributed by atoms with Crippen LogP contribution in [-0.4, -0.2) is 13.1 Å². The Morgan fingerprint density at radius 3 is 2.52 bits per heavy atom. The van der Waals surface area contributed by atoms with E-state index in [0.717, 1.165) is 5.56 Å². The van der Waals surface area contributed by atoms with Gasteiger partial charge < -0.3 is 9.15 Å². The number of hydrogen-bond donors (Lipinski definition) is 0. The lowest BCUT2D eigenvalue weighted by molar-refractivity contribution is 0.0601. The van der Waals surface area contributed by atoms with Crippen LogP contribution in [0.2, 0.25) is 0 Å². The average Bonchev–Trinajstić information content (AvgIpc) is 2.54. The first-order valence-corrected chi connectivity index (χ1v) is 6.40. The van der Waals surface area contributed by atoms with Gasteiger partial charge >= 0.3 is 11.6 Å². The molecule has 0 aliphatic carbocycles. The van der Waals surface area contributed by atoms with E-state index in [-0.39, 0.29) is 0 Å². The summed E-state index contributed by atoms with van der Waals surface area (Å²) in [7, 11) is 1.33. The molecule has 4 heteroatoms. The number of methoxy groups -OCH3 is 1. The van der Waals surface area contributed by atoms with Crippen molar-refractivity contribution in [1.29, 1.82) is 0 Å². The molecule has 0 saturated carbocycles. The van der Waals surface area contributed by atoms with Crippen molar-refractivity contribution in [1.82, 2.24) is 0 Å². The van der Waals surface area contributed by atoms with Crippen LogP contribution in [0.1, 0.15) is 10.4 Å². The van der Waals surface area contributed by atoms with Crippen LogP contribution < -0.4 is 5.63 Å². The van der Waals surface area contributed by atoms with Crippen molar-refractivity contribution >= 4 is 16.9 Å². The van der Waals surface area contributed by atoms with E-state index in [4.69, 9.17) is 9.15 Å². The second kappa shape index (κ2) is 5.25. The number of benzene rings is 2. The van der Waals surface area contributed by atoms with Crippen LogP contribution in [0.15, 0.2) is 63.8 Å². The Balaban J connectivity index is 2.21. The van der Waals surface area contributed by atoms with Crippen molar-refractivity contribution in [3.05, 3.63) is 70.6 Å². The van der Waals surface area contributed by atoms with E-state index in [2.05, 4.69) is 0 Å². The molecule has 0 fully saturated rings. The summed E-state index contributed by atoms with van der Waals surface area (Å²) in [6.45, 7) is 0. The zero-order valence-corrected chi connectivity index (χ0v) is 11.3. The fraction of sp³-hybridized carbons (Fsp3) is 0.0588. The van der Waals surface area contributed by atoms with E-state index in [0.29, 0.717) is 22.1 Å². The third kappa shape index (κ3) is 2.43. The molecule has 1 heterocycles. The topological polar surface area (TPSA) is 56.5 Å². The van der Waals surface area contributed by atoms with Crippen molar-refractivity contribution in [2.45, 2.75) is 0 Å². The van der Waals surface area contributed by atoms with Crippen molar-refractivity contribution in [3.63, 3.8) is 0 Å². The van der Waals surface area contributed by atoms with Gasteiger partial charge in [-0.05, 0) is 29.8 Å². The molecule has 0 atom stereocenters. The Labute approximate surface area is 120 Å². The quantitative estimate of drug-likeness (QED) is 0.534. The lowest BCUT2D eigenvalue weighted by atomic mass is 10.1. The largest absolute Gasteiger partial charge is 0.465 e. The van der Waals surface area contributed by atoms with Gasteiger partial charge in [0.2, 0.25) is 0 Å². The summed E-state index contributed by atoms with van der Waals surface area (Å²) in [4.78, 5) is 23.6. The number of esters is 1. The minimum atomic E-state index is -0.427. The minimum absolute atomic E-state index is 0.403. The van der Waals surface area contributed by atoms with Crippen LogP contribution >= 0.6 is 0 Å². The molecule has 0 aliphatic heterocycles. The maximum Gasteiger partial charge on any atom is 0.344 e. The standard InChI is InChI=1S/C17H12O4/c1-20-16(18)12-7-8-15-13(9-12)10-14(17(19)21-15)11-5-3-2-4-6-11/h2-10H,1H3. The fourth-order valence-electron chi connectivity index (χ4n) is 2.19. The van der Waals surface area contributed by atoms with Gasteiger partial charge in [0.05, 0.1) is 18.2 Å². The molecule has 0 unspecified atom stereocenters. The summed E-state index contributed by atoms with van der Waals surface area (Å²) >= 11 is 0. The van der Waals surface area contributed by atoms with Gasteiger partial charge in [0.15, 0.2) is 0 Å². The SMILES string of the molecule is COC(=O)c1ccc2oc(=O)c(-c3ccccc3)cc2c1. The minimum Gasteiger partial charge on any atom is -0.465 e. The van der Waals surface area contributed by atoms with Gasteiger partial charge in [0.25, 0.3) is 0 Å². The molecule has 0 saturated heterocycles. The number of ether oxygens (including phenoxy) is 1. The maximum absolute atomic E-state index is 12.1. The Kier molecular flexibility index (Phi) is 3.28. The zero-order chi connectivity index (χ0) is 14.8. The van der Waals surface area contributed by atoms with Gasteiger partial charge in [-0.1, -0.05) is 30.3 Å². The highest BCUT2D eigenvalue weighted by atomic mass is 16.5. The monoisotopic (exact) mass is 280 g/mol. The summed E-state index contributed by atoms with van der Waals surface area (Å²) in [6, 6.07) is 15.8. The Bertz CT molecular complexity index is 863. The van der Waals surface area contributed by atoms with E-state index in [1.807, 2.05) is 30.3 Å². The summed E-state index contributed by atoms with van der Waals surface area (Å²) in [6.07, 6.45) is 0. The normalized spacial score (nSPS) is 10.5. The zero-order valence-electron chi connectivity index (χ0n) is 11.3. The van der Waals surface area contributed by atoms with Gasteiger partial charge in [0.1, 0.15) is 5.58 Å². The fourth-order valence-corrected chi connectivity index (χ4v) is 2.19. The lowest BCUT2D eigenvalue weighted by Crippen LogP contribution is -2.04. The molecule has 4 nitrogen and oxygen atoms in total. The molecule has 0 spiro atoms. The smallest absolute Gasteiger partial charge is 0.344 e. The van der Waals surface area contributed by atoms with Crippen LogP contribution in [0.3, 0.4) is 0 Å². The van der Waals surface area contributed by atoms with Crippen LogP contribution in [0, 0.1) is 0 Å². The Hall–Kier alpha value is -2.88. The average molecular weight is 280 g/mol. The van der Waals surface area contributed by atoms with E-state index >= 15 is 0 Å². The number of fused-ring (bicyclic) bond motifs is 1. The molecule has 21 heavy (non-hydrogen) atoms. The highest BCUT2D eigenvalue weighted by molar-refractivity contribution is 5.94. The first-order valence-electron chi connectivity index (χ1n) is 6.40. The predicted octanol–water partition coefficient (Wildman–Crippen LogP) is 3.25. The number of carbonyl (C=O) groups is 1. The highest BCUT2D eigenvalue weighted by Crippen LogP contribution is 2.22. The summed E-state index contributed by atoms with van der Waals surface area (Å²) < 4.78 is 10.0. The number of carbonyl (C=O) groups excluding carboxylic acids is 1. The molecule has 2 aromatic carbocycles. The molecular formula is C17H12O4. The highest BCUT2D eigenvalue weighted by Gasteiger charge is 2.10. The predicted molar refractivity (Wildman–Crippen MR) is 79.3 cm³/mol. The van der Waals surface area contributed by atoms with Crippen molar-refractivity contribution < 1.29 is 13.9 Å². The van der Waals surface area contributed by atoms with E-state index < -0.39 is 11.6 Å². The van der Waals surface area contributed by atoms with Crippen molar-refractivity contribution in [2.75, 3.05) is 7.11 Å². The molecule has 0 amide bonds. The van der Waals surface area contributed by atoms with Crippen LogP contribution in [0.4, 0.5) is 0 Å². The van der Waals surface area contributed by atoms with Gasteiger partial charge in [0, 0.05) is 5.39 Å². The summed E-state index contributed by atoms with van der Waals surface area (Å²) in [5.41, 5.74) is 1.69. The molecular weight excluding hydrogens is 268 g/mol. The van der Waals surface area contributed by atoms with Gasteiger partial charge in [-0.3, -0.25) is 0 Å². The lowest BCUT2D eigenvalue weighted by Gasteiger charge is -2.04. The first-order chi connectivity index (χ1) is 10.2. The van der Waals surface area contributed by atoms with Crippen LogP contribution in [0.25, 0.3) is 22.1 Å². The maximum atomic E-state index is 12.1. The van der Waals surface area contributed by atoms with Crippen molar-refractivity contribution in [3.8, 4) is 11.1 Å². The summed E-state index contributed by atoms with van der Waals surface area (Å²) in [5.74, 6) is -0.427. The molecule has 0 N–H and O–H groups in total. The summed E-state index contributed by atoms with van der Waals surface area (Å²) in [5, 5.41) is 0.677. The number of rotatable bonds is 2. The van der Waals surface area contributed by atoms with Gasteiger partial charge in [-0.25, -0.2) is 9.59 Å². The molecule has 0 aliphatic rings. The van der Waals surface area contributed by atoms with E-state index in [1.54, 1.807) is 24.3 Å². The van der Waals surface area contributed by atoms with Crippen LogP contribution in [0.5, 0.6) is 0 Å². The number of hydrogen-bond acceptors (Lipinski definition) is 4. The third-order valence-corrected chi connectivity index (χ3v) is 3.24. The molecule has 3 rings (SSSR count). The molecule has 1 aromatic heterocycles. The molecule has 0 bridgehead atoms. The second-order valence-electron chi connectivity index (χ2n) is 4.56. The third-order valence-electron chi connectivity index (χ3n) is 3.24. The van der Waals surface area contributed by atoms with Gasteiger partial charge in [-0.15, -0.1) is 0 Å². The first kappa shape index (κ1) is 13.1. The second-order valence-corrected chi connectivity index (χ2v) is 4.56. The van der Waals surface area contributed by atoms with E-state index in [1.165, 1.54) is 7.11 Å². The molecule has 0 radical (unpaired) electrons. The Morgan fingerprint density at radius 1 is 1.05 bits per heavy atom. The van der Waals surface area contributed by atoms with Crippen LogP contribution in [-0.2, 0) is 4.74 Å². The van der Waals surface area contributed by atoms with Crippen molar-refractivity contribution in [2.24, 2.45) is 0 Å².